The van der Waals surface area contributed by atoms with Gasteiger partial charge in [0.2, 0.25) is 0 Å². The largest absolute Gasteiger partial charge is 0.330 e. The minimum atomic E-state index is 0.812. The second kappa shape index (κ2) is 23.9. The van der Waals surface area contributed by atoms with Gasteiger partial charge in [-0.3, -0.25) is 0 Å². The minimum Gasteiger partial charge on any atom is -0.330 e. The van der Waals surface area contributed by atoms with Crippen molar-refractivity contribution in [1.29, 1.82) is 0 Å². The molecule has 0 radical (unpaired) electrons. The van der Waals surface area contributed by atoms with Crippen LogP contribution in [0.1, 0.15) is 129 Å². The van der Waals surface area contributed by atoms with Crippen molar-refractivity contribution in [2.24, 2.45) is 5.73 Å². The van der Waals surface area contributed by atoms with Crippen molar-refractivity contribution in [1.82, 2.24) is 5.32 Å². The second-order valence-corrected chi connectivity index (χ2v) is 7.90. The summed E-state index contributed by atoms with van der Waals surface area (Å²) in [5, 5.41) is 3.46. The molecule has 152 valence electrons. The quantitative estimate of drug-likeness (QED) is 0.206. The maximum absolute atomic E-state index is 5.47. The lowest BCUT2D eigenvalue weighted by molar-refractivity contribution is 0.521. The molecule has 0 unspecified atom stereocenters. The van der Waals surface area contributed by atoms with E-state index >= 15 is 0 Å². The molecule has 0 fully saturated rings. The number of nitrogens with two attached hydrogens (primary N) is 1. The fraction of sp³-hybridized carbons (Fsp3) is 1.00. The SMILES string of the molecule is CCCCCCCCCCCCCCCCCCCCNCCCN. The molecule has 0 heterocycles. The second-order valence-electron chi connectivity index (χ2n) is 7.90. The number of hydrogen-bond acceptors (Lipinski definition) is 2. The molecule has 3 N–H and O–H groups in total. The van der Waals surface area contributed by atoms with Crippen LogP contribution in [0.25, 0.3) is 0 Å². The van der Waals surface area contributed by atoms with Crippen LogP contribution >= 0.6 is 0 Å². The van der Waals surface area contributed by atoms with E-state index in [1.165, 1.54) is 122 Å². The summed E-state index contributed by atoms with van der Waals surface area (Å²) in [6, 6.07) is 0. The van der Waals surface area contributed by atoms with Crippen LogP contribution in [0.3, 0.4) is 0 Å². The molecule has 0 aromatic heterocycles. The highest BCUT2D eigenvalue weighted by Crippen LogP contribution is 2.14. The molecule has 0 saturated carbocycles. The van der Waals surface area contributed by atoms with Crippen molar-refractivity contribution < 1.29 is 0 Å². The first kappa shape index (κ1) is 24.9. The standard InChI is InChI=1S/C23H50N2/c1-2-3-4-5-6-7-8-9-10-11-12-13-14-15-16-17-18-19-22-25-23-20-21-24/h25H,2-24H2,1H3. The molecule has 0 bridgehead atoms. The molecule has 0 amide bonds. The van der Waals surface area contributed by atoms with Gasteiger partial charge >= 0.3 is 0 Å². The minimum absolute atomic E-state index is 0.812. The molecule has 25 heavy (non-hydrogen) atoms. The van der Waals surface area contributed by atoms with E-state index in [0.29, 0.717) is 0 Å². The van der Waals surface area contributed by atoms with Crippen LogP contribution in [-0.4, -0.2) is 19.6 Å². The van der Waals surface area contributed by atoms with E-state index in [4.69, 9.17) is 5.73 Å². The van der Waals surface area contributed by atoms with Crippen LogP contribution in [0.2, 0.25) is 0 Å². The fourth-order valence-corrected chi connectivity index (χ4v) is 3.50. The highest BCUT2D eigenvalue weighted by atomic mass is 14.8. The molecule has 2 nitrogen and oxygen atoms in total. The Morgan fingerprint density at radius 1 is 0.440 bits per heavy atom. The van der Waals surface area contributed by atoms with Crippen LogP contribution in [0.4, 0.5) is 0 Å². The van der Waals surface area contributed by atoms with E-state index in [1.54, 1.807) is 0 Å². The van der Waals surface area contributed by atoms with Gasteiger partial charge in [-0.2, -0.15) is 0 Å². The van der Waals surface area contributed by atoms with Gasteiger partial charge in [0.05, 0.1) is 0 Å². The molecule has 0 spiro atoms. The Morgan fingerprint density at radius 3 is 1.12 bits per heavy atom. The zero-order valence-corrected chi connectivity index (χ0v) is 17.6. The Morgan fingerprint density at radius 2 is 0.760 bits per heavy atom. The lowest BCUT2D eigenvalue weighted by Crippen LogP contribution is -2.19. The predicted molar refractivity (Wildman–Crippen MR) is 115 cm³/mol. The zero-order valence-electron chi connectivity index (χ0n) is 17.6. The monoisotopic (exact) mass is 354 g/mol. The Balaban J connectivity index is 2.94. The smallest absolute Gasteiger partial charge is 0.00369 e. The van der Waals surface area contributed by atoms with Crippen molar-refractivity contribution in [3.63, 3.8) is 0 Å². The van der Waals surface area contributed by atoms with Crippen molar-refractivity contribution >= 4 is 0 Å². The normalized spacial score (nSPS) is 11.3. The molecule has 2 heteroatoms. The molecule has 0 aromatic carbocycles. The Bertz CT molecular complexity index is 196. The predicted octanol–water partition coefficient (Wildman–Crippen LogP) is 6.97. The van der Waals surface area contributed by atoms with Crippen molar-refractivity contribution in [3.8, 4) is 0 Å². The van der Waals surface area contributed by atoms with E-state index in [0.717, 1.165) is 19.5 Å². The molecule has 0 aliphatic carbocycles. The molecule has 0 atom stereocenters. The maximum atomic E-state index is 5.47. The number of rotatable bonds is 22. The lowest BCUT2D eigenvalue weighted by Gasteiger charge is -2.05. The van der Waals surface area contributed by atoms with Gasteiger partial charge in [-0.1, -0.05) is 116 Å². The highest BCUT2D eigenvalue weighted by Gasteiger charge is 1.95. The molecule has 0 aliphatic rings. The van der Waals surface area contributed by atoms with Gasteiger partial charge < -0.3 is 11.1 Å². The van der Waals surface area contributed by atoms with E-state index in [2.05, 4.69) is 12.2 Å². The van der Waals surface area contributed by atoms with Crippen LogP contribution in [0.15, 0.2) is 0 Å². The highest BCUT2D eigenvalue weighted by molar-refractivity contribution is 4.52. The first-order valence-electron chi connectivity index (χ1n) is 11.8. The van der Waals surface area contributed by atoms with Crippen LogP contribution < -0.4 is 11.1 Å². The summed E-state index contributed by atoms with van der Waals surface area (Å²) >= 11 is 0. The summed E-state index contributed by atoms with van der Waals surface area (Å²) in [7, 11) is 0. The van der Waals surface area contributed by atoms with Gasteiger partial charge in [-0.15, -0.1) is 0 Å². The first-order chi connectivity index (χ1) is 12.4. The molecule has 0 aliphatic heterocycles. The van der Waals surface area contributed by atoms with Gasteiger partial charge in [-0.25, -0.2) is 0 Å². The summed E-state index contributed by atoms with van der Waals surface area (Å²) in [4.78, 5) is 0. The summed E-state index contributed by atoms with van der Waals surface area (Å²) in [5.74, 6) is 0. The van der Waals surface area contributed by atoms with Gasteiger partial charge in [0.1, 0.15) is 0 Å². The summed E-state index contributed by atoms with van der Waals surface area (Å²) in [6.45, 7) is 5.38. The summed E-state index contributed by atoms with van der Waals surface area (Å²) < 4.78 is 0. The van der Waals surface area contributed by atoms with Crippen LogP contribution in [-0.2, 0) is 0 Å². The average molecular weight is 355 g/mol. The molecule has 0 saturated heterocycles. The van der Waals surface area contributed by atoms with Gasteiger partial charge in [0.15, 0.2) is 0 Å². The third kappa shape index (κ3) is 23.9. The van der Waals surface area contributed by atoms with E-state index in [-0.39, 0.29) is 0 Å². The fourth-order valence-electron chi connectivity index (χ4n) is 3.50. The third-order valence-corrected chi connectivity index (χ3v) is 5.26. The van der Waals surface area contributed by atoms with Crippen LogP contribution in [0.5, 0.6) is 0 Å². The number of nitrogens with one attached hydrogen (secondary N) is 1. The molecule has 0 rings (SSSR count). The first-order valence-corrected chi connectivity index (χ1v) is 11.8. The average Bonchev–Trinajstić information content (AvgIpc) is 2.63. The van der Waals surface area contributed by atoms with E-state index in [1.807, 2.05) is 0 Å². The third-order valence-electron chi connectivity index (χ3n) is 5.26. The van der Waals surface area contributed by atoms with Crippen LogP contribution in [0, 0.1) is 0 Å². The lowest BCUT2D eigenvalue weighted by atomic mass is 10.0. The van der Waals surface area contributed by atoms with Crippen molar-refractivity contribution in [2.75, 3.05) is 19.6 Å². The number of hydrogen-bond donors (Lipinski definition) is 2. The Labute approximate surface area is 160 Å². The Hall–Kier alpha value is -0.0800. The zero-order chi connectivity index (χ0) is 18.3. The Kier molecular flexibility index (Phi) is 23.8. The molecule has 0 aromatic rings. The number of unbranched alkanes of at least 4 members (excludes halogenated alkanes) is 17. The summed E-state index contributed by atoms with van der Waals surface area (Å²) in [6.07, 6.45) is 27.2. The maximum Gasteiger partial charge on any atom is -0.00369 e. The van der Waals surface area contributed by atoms with Gasteiger partial charge in [0, 0.05) is 0 Å². The van der Waals surface area contributed by atoms with E-state index in [9.17, 15) is 0 Å². The van der Waals surface area contributed by atoms with Crippen molar-refractivity contribution in [3.05, 3.63) is 0 Å². The van der Waals surface area contributed by atoms with Crippen molar-refractivity contribution in [2.45, 2.75) is 129 Å². The summed E-state index contributed by atoms with van der Waals surface area (Å²) in [5.41, 5.74) is 5.47. The van der Waals surface area contributed by atoms with Gasteiger partial charge in [0.25, 0.3) is 0 Å². The topological polar surface area (TPSA) is 38.0 Å². The van der Waals surface area contributed by atoms with E-state index < -0.39 is 0 Å². The molecular weight excluding hydrogens is 304 g/mol. The molecular formula is C23H50N2. The van der Waals surface area contributed by atoms with Gasteiger partial charge in [-0.05, 0) is 32.5 Å².